The Morgan fingerprint density at radius 2 is 1.94 bits per heavy atom. The number of hydrogen-bond donors (Lipinski definition) is 1. The van der Waals surface area contributed by atoms with Gasteiger partial charge < -0.3 is 5.32 Å². The smallest absolute Gasteiger partial charge is 0.227 e. The number of hydrogen-bond acceptors (Lipinski definition) is 5. The molecule has 0 radical (unpaired) electrons. The molecule has 0 bridgehead atoms. The van der Waals surface area contributed by atoms with Gasteiger partial charge in [-0.15, -0.1) is 5.10 Å². The summed E-state index contributed by atoms with van der Waals surface area (Å²) >= 11 is 14.1. The average Bonchev–Trinajstić information content (AvgIpc) is 3.15. The molecular weight excluding hydrogens is 458 g/mol. The topological polar surface area (TPSA) is 59.8 Å². The Bertz CT molecular complexity index is 1210. The number of carbonyl (C=O) groups is 1. The molecule has 3 aromatic rings. The maximum atomic E-state index is 14.9. The van der Waals surface area contributed by atoms with Crippen molar-refractivity contribution in [2.75, 3.05) is 5.32 Å². The van der Waals surface area contributed by atoms with Gasteiger partial charge in [0, 0.05) is 39.1 Å². The Morgan fingerprint density at radius 1 is 1.13 bits per heavy atom. The van der Waals surface area contributed by atoms with E-state index in [4.69, 9.17) is 23.2 Å². The van der Waals surface area contributed by atoms with Gasteiger partial charge >= 0.3 is 0 Å². The van der Waals surface area contributed by atoms with E-state index in [0.29, 0.717) is 40.3 Å². The van der Waals surface area contributed by atoms with Crippen LogP contribution in [0.1, 0.15) is 36.4 Å². The zero-order valence-electron chi connectivity index (χ0n) is 16.2. The maximum absolute atomic E-state index is 14.9. The van der Waals surface area contributed by atoms with E-state index >= 15 is 0 Å². The minimum Gasteiger partial charge on any atom is -0.328 e. The van der Waals surface area contributed by atoms with Crippen LogP contribution < -0.4 is 5.32 Å². The molecule has 158 valence electrons. The number of thioether (sulfide) groups is 1. The monoisotopic (exact) mass is 474 g/mol. The molecule has 1 N–H and O–H groups in total. The van der Waals surface area contributed by atoms with Crippen LogP contribution >= 0.6 is 35.0 Å². The number of carbonyl (C=O) groups excluding carboxylic acids is 1. The highest BCUT2D eigenvalue weighted by molar-refractivity contribution is 7.98. The number of allylic oxidation sites excluding steroid dienone is 2. The standard InChI is InChI=1S/C22H17Cl2FN4OS/c23-13-6-2-1-5-12(13)11-31-22-27-21-26-16-9-4-10-17(30)19(16)20(29(21)28-22)18-14(24)7-3-8-15(18)25/h1-3,5-8,20H,4,9-11H2,(H,26,27,28). The summed E-state index contributed by atoms with van der Waals surface area (Å²) in [7, 11) is 0. The van der Waals surface area contributed by atoms with Gasteiger partial charge in [-0.25, -0.2) is 9.07 Å². The number of Topliss-reactive ketones (excluding diaryl/α,β-unsaturated/α-hetero) is 1. The first-order valence-corrected chi connectivity index (χ1v) is 11.6. The lowest BCUT2D eigenvalue weighted by Gasteiger charge is -2.32. The minimum atomic E-state index is -0.755. The van der Waals surface area contributed by atoms with E-state index in [2.05, 4.69) is 15.4 Å². The molecule has 0 saturated heterocycles. The fraction of sp³-hybridized carbons (Fsp3) is 0.227. The van der Waals surface area contributed by atoms with Gasteiger partial charge in [0.05, 0.1) is 0 Å². The Hall–Kier alpha value is -2.35. The Labute approximate surface area is 192 Å². The van der Waals surface area contributed by atoms with Crippen molar-refractivity contribution in [1.82, 2.24) is 14.8 Å². The number of fused-ring (bicyclic) bond motifs is 1. The second-order valence-electron chi connectivity index (χ2n) is 7.37. The number of rotatable bonds is 4. The van der Waals surface area contributed by atoms with E-state index < -0.39 is 11.9 Å². The van der Waals surface area contributed by atoms with Crippen LogP contribution in [0.3, 0.4) is 0 Å². The number of anilines is 1. The van der Waals surface area contributed by atoms with Gasteiger partial charge in [-0.05, 0) is 36.6 Å². The molecule has 0 fully saturated rings. The second-order valence-corrected chi connectivity index (χ2v) is 9.13. The zero-order valence-corrected chi connectivity index (χ0v) is 18.6. The van der Waals surface area contributed by atoms with Gasteiger partial charge in [-0.1, -0.05) is 59.2 Å². The highest BCUT2D eigenvalue weighted by Gasteiger charge is 2.39. The highest BCUT2D eigenvalue weighted by atomic mass is 35.5. The lowest BCUT2D eigenvalue weighted by Crippen LogP contribution is -2.32. The molecule has 0 amide bonds. The minimum absolute atomic E-state index is 0.0236. The highest BCUT2D eigenvalue weighted by Crippen LogP contribution is 2.43. The van der Waals surface area contributed by atoms with Crippen molar-refractivity contribution in [2.24, 2.45) is 0 Å². The summed E-state index contributed by atoms with van der Waals surface area (Å²) in [5, 5.41) is 9.29. The van der Waals surface area contributed by atoms with Gasteiger partial charge in [0.2, 0.25) is 11.1 Å². The average molecular weight is 475 g/mol. The molecule has 2 heterocycles. The van der Waals surface area contributed by atoms with Crippen molar-refractivity contribution in [1.29, 1.82) is 0 Å². The Kier molecular flexibility index (Phi) is 5.50. The first kappa shape index (κ1) is 20.5. The van der Waals surface area contributed by atoms with Crippen molar-refractivity contribution < 1.29 is 9.18 Å². The normalized spacial score (nSPS) is 17.9. The number of halogens is 3. The van der Waals surface area contributed by atoms with Crippen molar-refractivity contribution >= 4 is 46.7 Å². The van der Waals surface area contributed by atoms with Crippen LogP contribution in [-0.2, 0) is 10.5 Å². The fourth-order valence-corrected chi connectivity index (χ4v) is 5.38. The van der Waals surface area contributed by atoms with Crippen LogP contribution in [0.25, 0.3) is 0 Å². The van der Waals surface area contributed by atoms with Gasteiger partial charge in [-0.3, -0.25) is 4.79 Å². The van der Waals surface area contributed by atoms with Crippen LogP contribution in [0.4, 0.5) is 10.3 Å². The van der Waals surface area contributed by atoms with Crippen molar-refractivity contribution in [3.63, 3.8) is 0 Å². The molecule has 1 aliphatic carbocycles. The second kappa shape index (κ2) is 8.30. The van der Waals surface area contributed by atoms with Crippen LogP contribution in [0.2, 0.25) is 10.0 Å². The molecule has 31 heavy (non-hydrogen) atoms. The van der Waals surface area contributed by atoms with Crippen LogP contribution in [-0.4, -0.2) is 20.5 Å². The maximum Gasteiger partial charge on any atom is 0.227 e. The Balaban J connectivity index is 1.56. The fourth-order valence-electron chi connectivity index (χ4n) is 3.99. The number of nitrogens with one attached hydrogen (secondary N) is 1. The summed E-state index contributed by atoms with van der Waals surface area (Å²) in [6, 6.07) is 11.4. The molecule has 0 saturated carbocycles. The summed E-state index contributed by atoms with van der Waals surface area (Å²) in [6.45, 7) is 0. The number of nitrogens with zero attached hydrogens (tertiary/aromatic N) is 3. The molecule has 1 aromatic heterocycles. The van der Waals surface area contributed by atoms with Crippen molar-refractivity contribution in [2.45, 2.75) is 36.2 Å². The molecule has 9 heteroatoms. The Morgan fingerprint density at radius 3 is 2.74 bits per heavy atom. The third-order valence-corrected chi connectivity index (χ3v) is 7.02. The molecular formula is C22H17Cl2FN4OS. The number of benzene rings is 2. The number of aromatic nitrogens is 3. The van der Waals surface area contributed by atoms with E-state index in [1.54, 1.807) is 16.8 Å². The third-order valence-electron chi connectivity index (χ3n) is 5.44. The summed E-state index contributed by atoms with van der Waals surface area (Å²) in [4.78, 5) is 17.5. The van der Waals surface area contributed by atoms with Crippen molar-refractivity contribution in [3.8, 4) is 0 Å². The molecule has 5 nitrogen and oxygen atoms in total. The summed E-state index contributed by atoms with van der Waals surface area (Å²) < 4.78 is 16.5. The molecule has 1 unspecified atom stereocenters. The quantitative estimate of drug-likeness (QED) is 0.467. The van der Waals surface area contributed by atoms with Gasteiger partial charge in [-0.2, -0.15) is 4.98 Å². The zero-order chi connectivity index (χ0) is 21.5. The summed E-state index contributed by atoms with van der Waals surface area (Å²) in [6.07, 6.45) is 1.85. The van der Waals surface area contributed by atoms with Gasteiger partial charge in [0.1, 0.15) is 11.9 Å². The molecule has 1 aliphatic heterocycles. The van der Waals surface area contributed by atoms with Crippen LogP contribution in [0, 0.1) is 5.82 Å². The first-order chi connectivity index (χ1) is 15.0. The van der Waals surface area contributed by atoms with Gasteiger partial charge in [0.15, 0.2) is 5.78 Å². The van der Waals surface area contributed by atoms with Crippen molar-refractivity contribution in [3.05, 3.63) is 80.7 Å². The first-order valence-electron chi connectivity index (χ1n) is 9.83. The number of ketones is 1. The molecule has 1 atom stereocenters. The van der Waals surface area contributed by atoms with E-state index in [1.165, 1.54) is 17.8 Å². The molecule has 2 aromatic carbocycles. The van der Waals surface area contributed by atoms with E-state index in [0.717, 1.165) is 17.7 Å². The largest absolute Gasteiger partial charge is 0.328 e. The molecule has 0 spiro atoms. The lowest BCUT2D eigenvalue weighted by atomic mass is 9.85. The SMILES string of the molecule is O=C1CCCC2=C1C(c1c(F)cccc1Cl)n1nc(SCc3ccccc3Cl)nc1N2. The molecule has 2 aliphatic rings. The van der Waals surface area contributed by atoms with Crippen LogP contribution in [0.5, 0.6) is 0 Å². The van der Waals surface area contributed by atoms with Crippen LogP contribution in [0.15, 0.2) is 58.9 Å². The molecule has 5 rings (SSSR count). The van der Waals surface area contributed by atoms with E-state index in [9.17, 15) is 9.18 Å². The predicted octanol–water partition coefficient (Wildman–Crippen LogP) is 6.04. The van der Waals surface area contributed by atoms with E-state index in [1.807, 2.05) is 24.3 Å². The summed E-state index contributed by atoms with van der Waals surface area (Å²) in [5.74, 6) is 0.556. The van der Waals surface area contributed by atoms with E-state index in [-0.39, 0.29) is 16.4 Å². The summed E-state index contributed by atoms with van der Waals surface area (Å²) in [5.41, 5.74) is 2.49. The predicted molar refractivity (Wildman–Crippen MR) is 120 cm³/mol. The third kappa shape index (κ3) is 3.75. The van der Waals surface area contributed by atoms with Gasteiger partial charge in [0.25, 0.3) is 0 Å². The lowest BCUT2D eigenvalue weighted by molar-refractivity contribution is -0.116.